The number of fused-ring (bicyclic) bond motifs is 1. The van der Waals surface area contributed by atoms with E-state index in [-0.39, 0.29) is 37.5 Å². The molecule has 4 aromatic rings. The maximum absolute atomic E-state index is 14.3. The van der Waals surface area contributed by atoms with Gasteiger partial charge in [0.05, 0.1) is 18.7 Å². The van der Waals surface area contributed by atoms with Crippen LogP contribution >= 0.6 is 11.6 Å². The van der Waals surface area contributed by atoms with Gasteiger partial charge in [0.2, 0.25) is 18.6 Å². The Balaban J connectivity index is 1.32. The molecule has 1 fully saturated rings. The smallest absolute Gasteiger partial charge is 0.238 e. The van der Waals surface area contributed by atoms with Crippen molar-refractivity contribution in [3.05, 3.63) is 96.4 Å². The number of sulfone groups is 1. The molecular weight excluding hydrogens is 637 g/mol. The number of rotatable bonds is 11. The predicted octanol–water partition coefficient (Wildman–Crippen LogP) is 3.56. The van der Waals surface area contributed by atoms with Gasteiger partial charge < -0.3 is 24.6 Å². The standard InChI is InChI=1S/C31H31ClFN7O5S/c1-2-15-46(42,43)31(18-29(41)35-10-9-22-3-8-25-26(16-22)45-21-44-25)19-38(13-14-40(31)24-6-4-23(33)5-7-24)28-17-27(32)36-30(37-28)39-12-11-34-20-39/h2-8,11-12,16-17,20H,1,9-10,13-15,18-19,21H2,(H,35,41). The number of carbonyl (C=O) groups is 1. The number of anilines is 2. The molecule has 0 radical (unpaired) electrons. The van der Waals surface area contributed by atoms with Gasteiger partial charge in [-0.3, -0.25) is 9.36 Å². The second-order valence-corrected chi connectivity index (χ2v) is 13.6. The number of hydrogen-bond donors (Lipinski definition) is 1. The number of imidazole rings is 1. The van der Waals surface area contributed by atoms with Gasteiger partial charge in [0, 0.05) is 43.8 Å². The Morgan fingerprint density at radius 2 is 1.91 bits per heavy atom. The lowest BCUT2D eigenvalue weighted by Crippen LogP contribution is -2.68. The molecule has 46 heavy (non-hydrogen) atoms. The summed E-state index contributed by atoms with van der Waals surface area (Å²) in [5.74, 6) is 0.593. The van der Waals surface area contributed by atoms with Gasteiger partial charge in [0.25, 0.3) is 0 Å². The third kappa shape index (κ3) is 6.35. The van der Waals surface area contributed by atoms with Crippen molar-refractivity contribution >= 4 is 38.9 Å². The lowest BCUT2D eigenvalue weighted by Gasteiger charge is -2.51. The number of hydrogen-bond acceptors (Lipinski definition) is 10. The number of aromatic nitrogens is 4. The van der Waals surface area contributed by atoms with Gasteiger partial charge in [0.15, 0.2) is 26.2 Å². The lowest BCUT2D eigenvalue weighted by atomic mass is 10.0. The summed E-state index contributed by atoms with van der Waals surface area (Å²) in [5, 5.41) is 3.04. The van der Waals surface area contributed by atoms with Crippen LogP contribution in [0.15, 0.2) is 79.9 Å². The Hall–Kier alpha value is -4.69. The van der Waals surface area contributed by atoms with Crippen molar-refractivity contribution in [1.29, 1.82) is 0 Å². The minimum absolute atomic E-state index is 0.146. The first kappa shape index (κ1) is 31.3. The number of amides is 1. The third-order valence-corrected chi connectivity index (χ3v) is 10.4. The summed E-state index contributed by atoms with van der Waals surface area (Å²) in [5.41, 5.74) is 1.38. The molecule has 15 heteroatoms. The zero-order chi connectivity index (χ0) is 32.3. The van der Waals surface area contributed by atoms with E-state index >= 15 is 0 Å². The summed E-state index contributed by atoms with van der Waals surface area (Å²) >= 11 is 6.39. The summed E-state index contributed by atoms with van der Waals surface area (Å²) in [6, 6.07) is 12.6. The van der Waals surface area contributed by atoms with Gasteiger partial charge in [-0.2, -0.15) is 4.98 Å². The molecule has 0 bridgehead atoms. The van der Waals surface area contributed by atoms with E-state index in [4.69, 9.17) is 21.1 Å². The summed E-state index contributed by atoms with van der Waals surface area (Å²) in [6.07, 6.45) is 6.13. The number of benzene rings is 2. The molecule has 1 amide bonds. The van der Waals surface area contributed by atoms with Crippen molar-refractivity contribution < 1.29 is 27.1 Å². The van der Waals surface area contributed by atoms with Gasteiger partial charge in [-0.25, -0.2) is 22.8 Å². The van der Waals surface area contributed by atoms with Crippen LogP contribution in [-0.4, -0.2) is 77.4 Å². The van der Waals surface area contributed by atoms with Crippen molar-refractivity contribution in [2.75, 3.05) is 48.5 Å². The predicted molar refractivity (Wildman–Crippen MR) is 171 cm³/mol. The fourth-order valence-corrected chi connectivity index (χ4v) is 7.74. The van der Waals surface area contributed by atoms with Crippen LogP contribution in [0.4, 0.5) is 15.9 Å². The largest absolute Gasteiger partial charge is 0.454 e. The second kappa shape index (κ2) is 13.0. The quantitative estimate of drug-likeness (QED) is 0.187. The molecule has 2 aromatic heterocycles. The first-order valence-corrected chi connectivity index (χ1v) is 16.5. The SMILES string of the molecule is C=CCS(=O)(=O)C1(CC(=O)NCCc2ccc3c(c2)OCO3)CN(c2cc(Cl)nc(-n3ccnc3)n2)CCN1c1ccc(F)cc1. The van der Waals surface area contributed by atoms with Crippen LogP contribution in [0.25, 0.3) is 5.95 Å². The van der Waals surface area contributed by atoms with Gasteiger partial charge in [-0.1, -0.05) is 23.7 Å². The molecule has 0 saturated carbocycles. The van der Waals surface area contributed by atoms with Crippen LogP contribution < -0.4 is 24.6 Å². The Labute approximate surface area is 270 Å². The van der Waals surface area contributed by atoms with E-state index in [1.54, 1.807) is 32.8 Å². The van der Waals surface area contributed by atoms with Crippen molar-refractivity contribution in [2.24, 2.45) is 0 Å². The molecule has 12 nitrogen and oxygen atoms in total. The van der Waals surface area contributed by atoms with E-state index in [9.17, 15) is 17.6 Å². The van der Waals surface area contributed by atoms with E-state index in [1.165, 1.54) is 36.7 Å². The van der Waals surface area contributed by atoms with Crippen molar-refractivity contribution in [2.45, 2.75) is 17.7 Å². The lowest BCUT2D eigenvalue weighted by molar-refractivity contribution is -0.121. The first-order chi connectivity index (χ1) is 22.2. The minimum atomic E-state index is -4.10. The molecule has 1 saturated heterocycles. The second-order valence-electron chi connectivity index (χ2n) is 10.8. The van der Waals surface area contributed by atoms with Crippen LogP contribution in [0.5, 0.6) is 11.5 Å². The minimum Gasteiger partial charge on any atom is -0.454 e. The van der Waals surface area contributed by atoms with Crippen molar-refractivity contribution in [3.63, 3.8) is 0 Å². The van der Waals surface area contributed by atoms with Crippen LogP contribution in [0.3, 0.4) is 0 Å². The fourth-order valence-electron chi connectivity index (χ4n) is 5.71. The number of carbonyl (C=O) groups excluding carboxylic acids is 1. The van der Waals surface area contributed by atoms with E-state index < -0.39 is 38.6 Å². The molecule has 0 spiro atoms. The number of ether oxygens (including phenoxy) is 2. The molecule has 1 unspecified atom stereocenters. The number of piperazine rings is 1. The topological polar surface area (TPSA) is 132 Å². The summed E-state index contributed by atoms with van der Waals surface area (Å²) in [7, 11) is -4.10. The maximum Gasteiger partial charge on any atom is 0.238 e. The Bertz CT molecular complexity index is 1840. The number of nitrogens with one attached hydrogen (secondary N) is 1. The highest BCUT2D eigenvalue weighted by molar-refractivity contribution is 7.93. The molecule has 4 heterocycles. The number of halogens is 2. The van der Waals surface area contributed by atoms with Gasteiger partial charge >= 0.3 is 0 Å². The highest BCUT2D eigenvalue weighted by Crippen LogP contribution is 2.38. The molecule has 240 valence electrons. The van der Waals surface area contributed by atoms with Gasteiger partial charge in [0.1, 0.15) is 23.1 Å². The van der Waals surface area contributed by atoms with E-state index in [1.807, 2.05) is 18.2 Å². The molecule has 6 rings (SSSR count). The Kier molecular flexibility index (Phi) is 8.82. The van der Waals surface area contributed by atoms with Gasteiger partial charge in [-0.15, -0.1) is 6.58 Å². The molecule has 2 aliphatic rings. The zero-order valence-electron chi connectivity index (χ0n) is 24.7. The van der Waals surface area contributed by atoms with Gasteiger partial charge in [-0.05, 0) is 48.4 Å². The van der Waals surface area contributed by atoms with Crippen LogP contribution in [-0.2, 0) is 21.1 Å². The molecule has 1 atom stereocenters. The highest BCUT2D eigenvalue weighted by atomic mass is 35.5. The van der Waals surface area contributed by atoms with E-state index in [2.05, 4.69) is 26.8 Å². The third-order valence-electron chi connectivity index (χ3n) is 7.92. The summed E-state index contributed by atoms with van der Waals surface area (Å²) in [4.78, 5) is 28.3. The van der Waals surface area contributed by atoms with Crippen molar-refractivity contribution in [3.8, 4) is 17.4 Å². The zero-order valence-corrected chi connectivity index (χ0v) is 26.3. The molecule has 1 N–H and O–H groups in total. The Morgan fingerprint density at radius 3 is 2.67 bits per heavy atom. The average Bonchev–Trinajstić information content (AvgIpc) is 3.74. The maximum atomic E-state index is 14.3. The Morgan fingerprint density at radius 1 is 1.11 bits per heavy atom. The monoisotopic (exact) mass is 667 g/mol. The first-order valence-electron chi connectivity index (χ1n) is 14.5. The van der Waals surface area contributed by atoms with Crippen LogP contribution in [0.2, 0.25) is 5.15 Å². The molecule has 2 aliphatic heterocycles. The van der Waals surface area contributed by atoms with Crippen molar-refractivity contribution in [1.82, 2.24) is 24.8 Å². The normalized spacial score (nSPS) is 17.6. The molecule has 2 aromatic carbocycles. The summed E-state index contributed by atoms with van der Waals surface area (Å²) < 4.78 is 55.0. The number of nitrogens with zero attached hydrogens (tertiary/aromatic N) is 6. The average molecular weight is 668 g/mol. The highest BCUT2D eigenvalue weighted by Gasteiger charge is 2.53. The van der Waals surface area contributed by atoms with Crippen LogP contribution in [0.1, 0.15) is 12.0 Å². The molecular formula is C31H31ClFN7O5S. The van der Waals surface area contributed by atoms with E-state index in [0.29, 0.717) is 36.0 Å². The fraction of sp³-hybridized carbons (Fsp3) is 0.290. The van der Waals surface area contributed by atoms with E-state index in [0.717, 1.165) is 5.56 Å². The molecule has 0 aliphatic carbocycles. The van der Waals surface area contributed by atoms with Crippen LogP contribution in [0, 0.1) is 5.82 Å². The summed E-state index contributed by atoms with van der Waals surface area (Å²) in [6.45, 7) is 4.44.